The number of piperidine rings is 1. The fraction of sp³-hybridized carbons (Fsp3) is 0.462. The Morgan fingerprint density at radius 1 is 1.17 bits per heavy atom. The van der Waals surface area contributed by atoms with E-state index in [2.05, 4.69) is 26.6 Å². The Kier molecular flexibility index (Phi) is 6.14. The summed E-state index contributed by atoms with van der Waals surface area (Å²) in [4.78, 5) is 20.3. The Balaban J connectivity index is 1.15. The first-order valence-corrected chi connectivity index (χ1v) is 13.4. The van der Waals surface area contributed by atoms with Crippen LogP contribution in [0.1, 0.15) is 31.2 Å². The van der Waals surface area contributed by atoms with Gasteiger partial charge in [0.05, 0.1) is 27.7 Å². The summed E-state index contributed by atoms with van der Waals surface area (Å²) < 4.78 is 30.4. The van der Waals surface area contributed by atoms with Crippen molar-refractivity contribution in [3.05, 3.63) is 58.0 Å². The van der Waals surface area contributed by atoms with Crippen molar-refractivity contribution in [2.45, 2.75) is 49.7 Å². The average molecular weight is 498 g/mol. The minimum atomic E-state index is -0.957. The van der Waals surface area contributed by atoms with Gasteiger partial charge in [0.15, 0.2) is 17.1 Å². The quantitative estimate of drug-likeness (QED) is 0.506. The lowest BCUT2D eigenvalue weighted by Gasteiger charge is -2.35. The summed E-state index contributed by atoms with van der Waals surface area (Å²) in [7, 11) is 0. The average Bonchev–Trinajstić information content (AvgIpc) is 3.72. The van der Waals surface area contributed by atoms with Crippen molar-refractivity contribution < 1.29 is 8.78 Å². The van der Waals surface area contributed by atoms with Crippen LogP contribution in [0.3, 0.4) is 0 Å². The molecule has 6 rings (SSSR count). The molecule has 1 aliphatic carbocycles. The molecule has 1 saturated heterocycles. The largest absolute Gasteiger partial charge is 0.370 e. The molecule has 3 aliphatic rings. The van der Waals surface area contributed by atoms with Crippen molar-refractivity contribution in [1.29, 1.82) is 0 Å². The minimum absolute atomic E-state index is 0.224. The Labute approximate surface area is 207 Å². The number of hydrogen-bond donors (Lipinski definition) is 2. The Morgan fingerprint density at radius 2 is 2.06 bits per heavy atom. The van der Waals surface area contributed by atoms with Crippen LogP contribution >= 0.6 is 11.8 Å². The first-order chi connectivity index (χ1) is 17.1. The van der Waals surface area contributed by atoms with Crippen LogP contribution in [0.5, 0.6) is 0 Å². The van der Waals surface area contributed by atoms with Crippen LogP contribution in [0.25, 0.3) is 10.9 Å². The molecule has 184 valence electrons. The zero-order valence-electron chi connectivity index (χ0n) is 19.5. The van der Waals surface area contributed by atoms with Crippen LogP contribution in [0, 0.1) is 17.6 Å². The maximum atomic E-state index is 14.3. The van der Waals surface area contributed by atoms with Gasteiger partial charge in [0.25, 0.3) is 0 Å². The first-order valence-electron chi connectivity index (χ1n) is 12.4. The van der Waals surface area contributed by atoms with Gasteiger partial charge in [-0.2, -0.15) is 0 Å². The first kappa shape index (κ1) is 22.8. The lowest BCUT2D eigenvalue weighted by molar-refractivity contribution is 0.420. The van der Waals surface area contributed by atoms with Crippen molar-refractivity contribution in [1.82, 2.24) is 14.9 Å². The van der Waals surface area contributed by atoms with E-state index in [0.717, 1.165) is 56.0 Å². The molecule has 1 aromatic carbocycles. The Bertz CT molecular complexity index is 1310. The van der Waals surface area contributed by atoms with Crippen molar-refractivity contribution >= 4 is 34.2 Å². The van der Waals surface area contributed by atoms with E-state index in [9.17, 15) is 13.6 Å². The van der Waals surface area contributed by atoms with Gasteiger partial charge in [-0.3, -0.25) is 4.79 Å². The van der Waals surface area contributed by atoms with Crippen molar-refractivity contribution in [2.24, 2.45) is 5.92 Å². The molecular formula is C26H29F2N5OS. The molecule has 1 unspecified atom stereocenters. The summed E-state index contributed by atoms with van der Waals surface area (Å²) in [6.07, 6.45) is 8.45. The molecule has 0 spiro atoms. The molecule has 0 radical (unpaired) electrons. The minimum Gasteiger partial charge on any atom is -0.370 e. The van der Waals surface area contributed by atoms with Gasteiger partial charge in [-0.15, -0.1) is 11.8 Å². The third kappa shape index (κ3) is 4.63. The van der Waals surface area contributed by atoms with E-state index in [4.69, 9.17) is 0 Å². The number of halogens is 2. The van der Waals surface area contributed by atoms with Gasteiger partial charge in [-0.1, -0.05) is 0 Å². The van der Waals surface area contributed by atoms with Gasteiger partial charge >= 0.3 is 0 Å². The maximum Gasteiger partial charge on any atom is 0.194 e. The van der Waals surface area contributed by atoms with Gasteiger partial charge in [-0.25, -0.2) is 13.8 Å². The number of hydrogen-bond acceptors (Lipinski definition) is 6. The second-order valence-electron chi connectivity index (χ2n) is 9.81. The summed E-state index contributed by atoms with van der Waals surface area (Å²) in [5.74, 6) is 0.566. The van der Waals surface area contributed by atoms with E-state index in [1.165, 1.54) is 24.6 Å². The van der Waals surface area contributed by atoms with Gasteiger partial charge in [-0.05, 0) is 49.8 Å². The Morgan fingerprint density at radius 3 is 2.86 bits per heavy atom. The number of thioether (sulfide) groups is 1. The number of nitrogens with one attached hydrogen (secondary N) is 2. The van der Waals surface area contributed by atoms with Crippen LogP contribution in [0.4, 0.5) is 20.3 Å². The normalized spacial score (nSPS) is 19.8. The van der Waals surface area contributed by atoms with E-state index < -0.39 is 11.6 Å². The number of benzene rings is 1. The number of rotatable bonds is 7. The highest BCUT2D eigenvalue weighted by molar-refractivity contribution is 7.99. The van der Waals surface area contributed by atoms with E-state index in [1.54, 1.807) is 0 Å². The monoisotopic (exact) mass is 497 g/mol. The van der Waals surface area contributed by atoms with Gasteiger partial charge < -0.3 is 20.1 Å². The SMILES string of the molecule is O=c1c(CNC2CCCN(c3ccc(NCC4CC4)nc3)C2)cn2c3c(c(F)c(F)cc13)SCC2. The third-order valence-corrected chi connectivity index (χ3v) is 8.30. The number of aromatic nitrogens is 2. The Hall–Kier alpha value is -2.65. The second-order valence-corrected chi connectivity index (χ2v) is 10.9. The lowest BCUT2D eigenvalue weighted by atomic mass is 10.0. The van der Waals surface area contributed by atoms with Crippen LogP contribution in [0.2, 0.25) is 0 Å². The van der Waals surface area contributed by atoms with E-state index in [0.29, 0.717) is 29.9 Å². The number of nitrogens with zero attached hydrogens (tertiary/aromatic N) is 3. The zero-order valence-corrected chi connectivity index (χ0v) is 20.3. The number of aryl methyl sites for hydroxylation is 1. The molecule has 2 aromatic heterocycles. The van der Waals surface area contributed by atoms with E-state index in [-0.39, 0.29) is 21.8 Å². The molecule has 0 amide bonds. The van der Waals surface area contributed by atoms with Gasteiger partial charge in [0, 0.05) is 56.3 Å². The van der Waals surface area contributed by atoms with Gasteiger partial charge in [0.1, 0.15) is 5.82 Å². The highest BCUT2D eigenvalue weighted by Gasteiger charge is 2.25. The van der Waals surface area contributed by atoms with E-state index in [1.807, 2.05) is 23.0 Å². The summed E-state index contributed by atoms with van der Waals surface area (Å²) in [6, 6.07) is 5.45. The predicted molar refractivity (Wildman–Crippen MR) is 136 cm³/mol. The molecule has 3 aromatic rings. The van der Waals surface area contributed by atoms with Gasteiger partial charge in [0.2, 0.25) is 0 Å². The fourth-order valence-electron chi connectivity index (χ4n) is 5.10. The van der Waals surface area contributed by atoms with Crippen molar-refractivity contribution in [3.63, 3.8) is 0 Å². The molecule has 1 atom stereocenters. The fourth-order valence-corrected chi connectivity index (χ4v) is 6.18. The van der Waals surface area contributed by atoms with Crippen LogP contribution in [-0.2, 0) is 13.1 Å². The molecule has 35 heavy (non-hydrogen) atoms. The number of pyridine rings is 2. The standard InChI is InChI=1S/C26H29F2N5OS/c27-21-10-20-24-26(23(21)28)35-9-8-33(24)14-17(25(20)34)12-29-18-2-1-7-32(15-18)19-5-6-22(31-13-19)30-11-16-3-4-16/h5-6,10,13-14,16,18,29H,1-4,7-9,11-12,15H2,(H,30,31). The molecule has 2 fully saturated rings. The number of anilines is 2. The summed E-state index contributed by atoms with van der Waals surface area (Å²) in [5, 5.41) is 7.21. The molecule has 6 nitrogen and oxygen atoms in total. The molecular weight excluding hydrogens is 468 g/mol. The third-order valence-electron chi connectivity index (χ3n) is 7.25. The topological polar surface area (TPSA) is 62.2 Å². The highest BCUT2D eigenvalue weighted by Crippen LogP contribution is 2.35. The predicted octanol–water partition coefficient (Wildman–Crippen LogP) is 4.36. The highest BCUT2D eigenvalue weighted by atomic mass is 32.2. The van der Waals surface area contributed by atoms with Crippen molar-refractivity contribution in [2.75, 3.05) is 35.6 Å². The molecule has 1 saturated carbocycles. The summed E-state index contributed by atoms with van der Waals surface area (Å²) in [6.45, 7) is 3.88. The zero-order chi connectivity index (χ0) is 23.9. The lowest BCUT2D eigenvalue weighted by Crippen LogP contribution is -2.46. The molecule has 4 heterocycles. The maximum absolute atomic E-state index is 14.3. The summed E-state index contributed by atoms with van der Waals surface area (Å²) in [5.41, 5.74) is 1.98. The van der Waals surface area contributed by atoms with Crippen molar-refractivity contribution in [3.8, 4) is 0 Å². The molecule has 0 bridgehead atoms. The van der Waals surface area contributed by atoms with E-state index >= 15 is 0 Å². The molecule has 2 aliphatic heterocycles. The van der Waals surface area contributed by atoms with Crippen LogP contribution < -0.4 is 21.0 Å². The van der Waals surface area contributed by atoms with Crippen LogP contribution in [-0.4, -0.2) is 41.0 Å². The smallest absolute Gasteiger partial charge is 0.194 e. The second kappa shape index (κ2) is 9.43. The molecule has 2 N–H and O–H groups in total. The van der Waals surface area contributed by atoms with Crippen LogP contribution in [0.15, 0.2) is 40.3 Å². The molecule has 9 heteroatoms. The summed E-state index contributed by atoms with van der Waals surface area (Å²) >= 11 is 1.27.